The Bertz CT molecular complexity index is 376. The van der Waals surface area contributed by atoms with Crippen molar-refractivity contribution in [3.05, 3.63) is 0 Å². The van der Waals surface area contributed by atoms with Crippen molar-refractivity contribution in [3.63, 3.8) is 0 Å². The molecule has 1 saturated heterocycles. The Morgan fingerprint density at radius 1 is 1.39 bits per heavy atom. The molecule has 4 nitrogen and oxygen atoms in total. The van der Waals surface area contributed by atoms with Crippen LogP contribution in [0.2, 0.25) is 0 Å². The van der Waals surface area contributed by atoms with Crippen LogP contribution in [0.4, 0.5) is 0 Å². The number of carbonyl (C=O) groups is 1. The van der Waals surface area contributed by atoms with Gasteiger partial charge in [0.15, 0.2) is 0 Å². The molecule has 0 aromatic carbocycles. The van der Waals surface area contributed by atoms with Crippen molar-refractivity contribution >= 4 is 15.8 Å². The molecule has 0 radical (unpaired) electrons. The molecule has 1 fully saturated rings. The van der Waals surface area contributed by atoms with E-state index in [1.165, 1.54) is 10.6 Å². The standard InChI is InChI=1S/C13H25NO3S/c1-11(2)6-7-13(15)9-12-5-4-8-14(10-12)18(3,16)17/h11-12H,4-10H2,1-3H3. The van der Waals surface area contributed by atoms with Crippen molar-refractivity contribution in [2.75, 3.05) is 19.3 Å². The predicted molar refractivity (Wildman–Crippen MR) is 72.8 cm³/mol. The average Bonchev–Trinajstić information content (AvgIpc) is 2.25. The second-order valence-electron chi connectivity index (χ2n) is 5.80. The van der Waals surface area contributed by atoms with Gasteiger partial charge in [-0.2, -0.15) is 0 Å². The summed E-state index contributed by atoms with van der Waals surface area (Å²) in [4.78, 5) is 11.8. The molecule has 1 rings (SSSR count). The minimum Gasteiger partial charge on any atom is -0.300 e. The van der Waals surface area contributed by atoms with Crippen molar-refractivity contribution in [2.45, 2.75) is 46.0 Å². The van der Waals surface area contributed by atoms with E-state index in [4.69, 9.17) is 0 Å². The molecule has 0 amide bonds. The summed E-state index contributed by atoms with van der Waals surface area (Å²) in [6, 6.07) is 0. The Morgan fingerprint density at radius 3 is 2.61 bits per heavy atom. The summed E-state index contributed by atoms with van der Waals surface area (Å²) in [6.07, 6.45) is 5.19. The first-order valence-electron chi connectivity index (χ1n) is 6.76. The largest absolute Gasteiger partial charge is 0.300 e. The molecule has 0 aromatic heterocycles. The maximum Gasteiger partial charge on any atom is 0.211 e. The number of rotatable bonds is 6. The van der Waals surface area contributed by atoms with E-state index >= 15 is 0 Å². The third-order valence-corrected chi connectivity index (χ3v) is 4.74. The lowest BCUT2D eigenvalue weighted by atomic mass is 9.92. The number of sulfonamides is 1. The summed E-state index contributed by atoms with van der Waals surface area (Å²) >= 11 is 0. The molecule has 0 bridgehead atoms. The Hall–Kier alpha value is -0.420. The van der Waals surface area contributed by atoms with Gasteiger partial charge in [0.2, 0.25) is 10.0 Å². The number of nitrogens with zero attached hydrogens (tertiary/aromatic N) is 1. The zero-order valence-corrected chi connectivity index (χ0v) is 12.5. The van der Waals surface area contributed by atoms with Gasteiger partial charge in [-0.25, -0.2) is 12.7 Å². The molecule has 1 heterocycles. The molecular weight excluding hydrogens is 250 g/mol. The van der Waals surface area contributed by atoms with Crippen LogP contribution in [0.3, 0.4) is 0 Å². The lowest BCUT2D eigenvalue weighted by molar-refractivity contribution is -0.120. The Kier molecular flexibility index (Phi) is 5.79. The van der Waals surface area contributed by atoms with Crippen molar-refractivity contribution in [3.8, 4) is 0 Å². The van der Waals surface area contributed by atoms with Crippen LogP contribution in [0.5, 0.6) is 0 Å². The molecule has 1 aliphatic rings. The van der Waals surface area contributed by atoms with Gasteiger partial charge in [0.05, 0.1) is 6.26 Å². The van der Waals surface area contributed by atoms with Gasteiger partial charge < -0.3 is 0 Å². The van der Waals surface area contributed by atoms with Gasteiger partial charge >= 0.3 is 0 Å². The van der Waals surface area contributed by atoms with Crippen LogP contribution in [0.25, 0.3) is 0 Å². The molecule has 0 spiro atoms. The van der Waals surface area contributed by atoms with E-state index in [2.05, 4.69) is 13.8 Å². The SMILES string of the molecule is CC(C)CCC(=O)CC1CCCN(S(C)(=O)=O)C1. The van der Waals surface area contributed by atoms with Crippen molar-refractivity contribution < 1.29 is 13.2 Å². The molecule has 0 N–H and O–H groups in total. The Labute approximate surface area is 111 Å². The van der Waals surface area contributed by atoms with Gasteiger partial charge in [-0.15, -0.1) is 0 Å². The van der Waals surface area contributed by atoms with Crippen molar-refractivity contribution in [2.24, 2.45) is 11.8 Å². The number of ketones is 1. The first-order valence-corrected chi connectivity index (χ1v) is 8.60. The molecule has 18 heavy (non-hydrogen) atoms. The molecule has 0 aliphatic carbocycles. The number of hydrogen-bond donors (Lipinski definition) is 0. The van der Waals surface area contributed by atoms with Gasteiger partial charge in [-0.1, -0.05) is 13.8 Å². The molecular formula is C13H25NO3S. The number of piperidine rings is 1. The zero-order chi connectivity index (χ0) is 13.8. The fourth-order valence-corrected chi connectivity index (χ4v) is 3.31. The van der Waals surface area contributed by atoms with E-state index in [0.29, 0.717) is 31.8 Å². The summed E-state index contributed by atoms with van der Waals surface area (Å²) in [5.41, 5.74) is 0. The third kappa shape index (κ3) is 5.48. The van der Waals surface area contributed by atoms with E-state index in [-0.39, 0.29) is 11.7 Å². The topological polar surface area (TPSA) is 54.5 Å². The first kappa shape index (κ1) is 15.6. The third-order valence-electron chi connectivity index (χ3n) is 3.47. The van der Waals surface area contributed by atoms with Gasteiger partial charge in [0.25, 0.3) is 0 Å². The van der Waals surface area contributed by atoms with Gasteiger partial charge in [-0.3, -0.25) is 4.79 Å². The molecule has 0 saturated carbocycles. The van der Waals surface area contributed by atoms with Crippen LogP contribution >= 0.6 is 0 Å². The normalized spacial score (nSPS) is 22.3. The second kappa shape index (κ2) is 6.66. The van der Waals surface area contributed by atoms with Crippen LogP contribution in [0.15, 0.2) is 0 Å². The van der Waals surface area contributed by atoms with E-state index in [1.807, 2.05) is 0 Å². The van der Waals surface area contributed by atoms with E-state index < -0.39 is 10.0 Å². The lowest BCUT2D eigenvalue weighted by Gasteiger charge is -2.30. The monoisotopic (exact) mass is 275 g/mol. The van der Waals surface area contributed by atoms with E-state index in [9.17, 15) is 13.2 Å². The number of Topliss-reactive ketones (excluding diaryl/α,β-unsaturated/α-hetero) is 1. The average molecular weight is 275 g/mol. The van der Waals surface area contributed by atoms with Crippen LogP contribution in [0.1, 0.15) is 46.0 Å². The van der Waals surface area contributed by atoms with Crippen molar-refractivity contribution in [1.82, 2.24) is 4.31 Å². The maximum absolute atomic E-state index is 11.8. The van der Waals surface area contributed by atoms with Crippen LogP contribution < -0.4 is 0 Å². The van der Waals surface area contributed by atoms with Crippen LogP contribution in [-0.4, -0.2) is 37.9 Å². The summed E-state index contributed by atoms with van der Waals surface area (Å²) in [6.45, 7) is 5.35. The van der Waals surface area contributed by atoms with E-state index in [0.717, 1.165) is 19.3 Å². The summed E-state index contributed by atoms with van der Waals surface area (Å²) in [7, 11) is -3.10. The summed E-state index contributed by atoms with van der Waals surface area (Å²) in [5.74, 6) is 1.05. The quantitative estimate of drug-likeness (QED) is 0.745. The molecule has 0 aromatic rings. The smallest absolute Gasteiger partial charge is 0.211 e. The number of hydrogen-bond acceptors (Lipinski definition) is 3. The van der Waals surface area contributed by atoms with Crippen molar-refractivity contribution in [1.29, 1.82) is 0 Å². The van der Waals surface area contributed by atoms with E-state index in [1.54, 1.807) is 0 Å². The summed E-state index contributed by atoms with van der Waals surface area (Å²) < 4.78 is 24.5. The first-order chi connectivity index (χ1) is 8.29. The Morgan fingerprint density at radius 2 is 2.06 bits per heavy atom. The highest BCUT2D eigenvalue weighted by Gasteiger charge is 2.26. The highest BCUT2D eigenvalue weighted by atomic mass is 32.2. The molecule has 1 unspecified atom stereocenters. The molecule has 1 atom stereocenters. The molecule has 106 valence electrons. The minimum atomic E-state index is -3.10. The van der Waals surface area contributed by atoms with Gasteiger partial charge in [-0.05, 0) is 31.1 Å². The zero-order valence-electron chi connectivity index (χ0n) is 11.7. The highest BCUT2D eigenvalue weighted by Crippen LogP contribution is 2.22. The summed E-state index contributed by atoms with van der Waals surface area (Å²) in [5, 5.41) is 0. The predicted octanol–water partition coefficient (Wildman–Crippen LogP) is 2.05. The molecule has 5 heteroatoms. The second-order valence-corrected chi connectivity index (χ2v) is 7.79. The fourth-order valence-electron chi connectivity index (χ4n) is 2.37. The van der Waals surface area contributed by atoms with Crippen LogP contribution in [0, 0.1) is 11.8 Å². The molecule has 1 aliphatic heterocycles. The van der Waals surface area contributed by atoms with Crippen LogP contribution in [-0.2, 0) is 14.8 Å². The maximum atomic E-state index is 11.8. The van der Waals surface area contributed by atoms with Gasteiger partial charge in [0, 0.05) is 25.9 Å². The fraction of sp³-hybridized carbons (Fsp3) is 0.923. The Balaban J connectivity index is 2.41. The highest BCUT2D eigenvalue weighted by molar-refractivity contribution is 7.88. The van der Waals surface area contributed by atoms with Gasteiger partial charge in [0.1, 0.15) is 5.78 Å². The minimum absolute atomic E-state index is 0.216. The number of carbonyl (C=O) groups excluding carboxylic acids is 1. The lowest BCUT2D eigenvalue weighted by Crippen LogP contribution is -2.39.